The topological polar surface area (TPSA) is 87.7 Å². The number of nitrogens with zero attached hydrogens (tertiary/aromatic N) is 2. The van der Waals surface area contributed by atoms with Crippen molar-refractivity contribution >= 4 is 34.8 Å². The molecule has 1 fully saturated rings. The van der Waals surface area contributed by atoms with Crippen molar-refractivity contribution in [3.63, 3.8) is 0 Å². The van der Waals surface area contributed by atoms with Crippen LogP contribution in [0.25, 0.3) is 0 Å². The summed E-state index contributed by atoms with van der Waals surface area (Å²) in [6.45, 7) is 2.10. The molecule has 0 aromatic carbocycles. The van der Waals surface area contributed by atoms with Gasteiger partial charge in [-0.1, -0.05) is 37.4 Å². The number of amides is 1. The van der Waals surface area contributed by atoms with Gasteiger partial charge in [-0.3, -0.25) is 14.7 Å². The summed E-state index contributed by atoms with van der Waals surface area (Å²) >= 11 is 2.87. The number of thioether (sulfide) groups is 1. The molecular weight excluding hydrogens is 380 g/mol. The number of ketones is 1. The van der Waals surface area contributed by atoms with Crippen molar-refractivity contribution in [3.05, 3.63) is 27.7 Å². The van der Waals surface area contributed by atoms with Gasteiger partial charge in [-0.05, 0) is 30.9 Å². The molecule has 2 aromatic heterocycles. The molecule has 1 aliphatic rings. The molecule has 0 spiro atoms. The number of hydrogen-bond donors (Lipinski definition) is 2. The number of hydrogen-bond acceptors (Lipinski definition) is 6. The first-order valence-corrected chi connectivity index (χ1v) is 11.3. The van der Waals surface area contributed by atoms with Crippen LogP contribution in [0.5, 0.6) is 0 Å². The van der Waals surface area contributed by atoms with Crippen molar-refractivity contribution in [2.75, 3.05) is 12.3 Å². The van der Waals surface area contributed by atoms with Crippen LogP contribution in [0.1, 0.15) is 59.4 Å². The summed E-state index contributed by atoms with van der Waals surface area (Å²) < 4.78 is 0. The number of rotatable bonds is 10. The number of H-pyrrole nitrogens is 1. The summed E-state index contributed by atoms with van der Waals surface area (Å²) in [6.07, 6.45) is 8.28. The van der Waals surface area contributed by atoms with Crippen molar-refractivity contribution in [2.24, 2.45) is 5.92 Å². The van der Waals surface area contributed by atoms with Gasteiger partial charge in [0.05, 0.1) is 10.6 Å². The fourth-order valence-corrected chi connectivity index (χ4v) is 5.06. The van der Waals surface area contributed by atoms with E-state index in [2.05, 4.69) is 20.5 Å². The number of thiophene rings is 1. The van der Waals surface area contributed by atoms with Gasteiger partial charge in [-0.15, -0.1) is 16.4 Å². The van der Waals surface area contributed by atoms with Gasteiger partial charge in [0.2, 0.25) is 11.1 Å². The summed E-state index contributed by atoms with van der Waals surface area (Å²) in [7, 11) is 0. The van der Waals surface area contributed by atoms with E-state index < -0.39 is 0 Å². The third-order valence-electron chi connectivity index (χ3n) is 4.79. The Bertz CT molecular complexity index is 765. The smallest absolute Gasteiger partial charge is 0.216 e. The fraction of sp³-hybridized carbons (Fsp3) is 0.579. The van der Waals surface area contributed by atoms with Gasteiger partial charge in [0.15, 0.2) is 5.78 Å². The Labute approximate surface area is 167 Å². The predicted octanol–water partition coefficient (Wildman–Crippen LogP) is 3.64. The van der Waals surface area contributed by atoms with Crippen LogP contribution in [-0.2, 0) is 17.6 Å². The molecular formula is C19H26N4O2S2. The Morgan fingerprint density at radius 3 is 2.89 bits per heavy atom. The van der Waals surface area contributed by atoms with Gasteiger partial charge in [0.25, 0.3) is 0 Å². The molecule has 8 heteroatoms. The molecule has 0 aliphatic heterocycles. The van der Waals surface area contributed by atoms with Crippen LogP contribution in [0.2, 0.25) is 0 Å². The predicted molar refractivity (Wildman–Crippen MR) is 108 cm³/mol. The van der Waals surface area contributed by atoms with Crippen molar-refractivity contribution in [3.8, 4) is 0 Å². The van der Waals surface area contributed by atoms with Gasteiger partial charge >= 0.3 is 0 Å². The number of aromatic nitrogens is 3. The van der Waals surface area contributed by atoms with E-state index in [1.54, 1.807) is 0 Å². The quantitative estimate of drug-likeness (QED) is 0.464. The zero-order valence-corrected chi connectivity index (χ0v) is 17.3. The second kappa shape index (κ2) is 10.0. The third kappa shape index (κ3) is 6.46. The number of carbonyl (C=O) groups is 2. The fourth-order valence-electron chi connectivity index (χ4n) is 3.32. The van der Waals surface area contributed by atoms with E-state index in [0.717, 1.165) is 34.3 Å². The molecule has 2 aromatic rings. The Balaban J connectivity index is 1.41. The molecule has 3 rings (SSSR count). The first-order chi connectivity index (χ1) is 13.1. The minimum atomic E-state index is -0.0339. The highest BCUT2D eigenvalue weighted by Gasteiger charge is 2.16. The zero-order chi connectivity index (χ0) is 19.1. The minimum absolute atomic E-state index is 0.0339. The Morgan fingerprint density at radius 1 is 1.30 bits per heavy atom. The van der Waals surface area contributed by atoms with E-state index in [4.69, 9.17) is 0 Å². The highest BCUT2D eigenvalue weighted by atomic mass is 32.2. The van der Waals surface area contributed by atoms with Crippen LogP contribution in [0.15, 0.2) is 17.3 Å². The summed E-state index contributed by atoms with van der Waals surface area (Å²) in [5.41, 5.74) is 0. The molecule has 1 saturated carbocycles. The lowest BCUT2D eigenvalue weighted by molar-refractivity contribution is -0.118. The van der Waals surface area contributed by atoms with Crippen molar-refractivity contribution < 1.29 is 9.59 Å². The van der Waals surface area contributed by atoms with Crippen LogP contribution in [0, 0.1) is 5.92 Å². The molecule has 6 nitrogen and oxygen atoms in total. The summed E-state index contributed by atoms with van der Waals surface area (Å²) in [6, 6.07) is 3.82. The SMILES string of the molecule is CC(=O)NCCc1ccc(C(=O)CSc2n[nH]c(CCC3CCCC3)n2)s1. The summed E-state index contributed by atoms with van der Waals surface area (Å²) in [5, 5.41) is 10.6. The normalized spacial score (nSPS) is 14.6. The number of Topliss-reactive ketones (excluding diaryl/α,β-unsaturated/α-hetero) is 1. The molecule has 0 unspecified atom stereocenters. The minimum Gasteiger partial charge on any atom is -0.356 e. The van der Waals surface area contributed by atoms with Gasteiger partial charge in [0.1, 0.15) is 5.82 Å². The average molecular weight is 407 g/mol. The van der Waals surface area contributed by atoms with Crippen molar-refractivity contribution in [1.82, 2.24) is 20.5 Å². The van der Waals surface area contributed by atoms with E-state index in [1.165, 1.54) is 62.1 Å². The maximum Gasteiger partial charge on any atom is 0.216 e. The van der Waals surface area contributed by atoms with E-state index >= 15 is 0 Å². The van der Waals surface area contributed by atoms with Crippen LogP contribution >= 0.6 is 23.1 Å². The molecule has 2 heterocycles. The standard InChI is InChI=1S/C19H26N4O2S2/c1-13(24)20-11-10-15-7-8-17(27-15)16(25)12-26-19-21-18(22-23-19)9-6-14-4-2-3-5-14/h7-8,14H,2-6,9-12H2,1H3,(H,20,24)(H,21,22,23). The monoisotopic (exact) mass is 406 g/mol. The molecule has 0 radical (unpaired) electrons. The molecule has 0 atom stereocenters. The van der Waals surface area contributed by atoms with Crippen molar-refractivity contribution in [1.29, 1.82) is 0 Å². The summed E-state index contributed by atoms with van der Waals surface area (Å²) in [4.78, 5) is 29.6. The second-order valence-electron chi connectivity index (χ2n) is 6.96. The van der Waals surface area contributed by atoms with E-state index in [9.17, 15) is 9.59 Å². The maximum atomic E-state index is 12.4. The first kappa shape index (κ1) is 20.1. The number of aromatic amines is 1. The molecule has 0 bridgehead atoms. The average Bonchev–Trinajstić information content (AvgIpc) is 3.39. The summed E-state index contributed by atoms with van der Waals surface area (Å²) in [5.74, 6) is 2.16. The first-order valence-electron chi connectivity index (χ1n) is 9.50. The number of carbonyl (C=O) groups excluding carboxylic acids is 2. The van der Waals surface area contributed by atoms with E-state index in [-0.39, 0.29) is 11.7 Å². The van der Waals surface area contributed by atoms with Crippen LogP contribution in [0.3, 0.4) is 0 Å². The molecule has 146 valence electrons. The molecule has 1 aliphatic carbocycles. The van der Waals surface area contributed by atoms with Crippen LogP contribution in [-0.4, -0.2) is 39.2 Å². The number of nitrogens with one attached hydrogen (secondary N) is 2. The molecule has 27 heavy (non-hydrogen) atoms. The lowest BCUT2D eigenvalue weighted by atomic mass is 10.0. The Hall–Kier alpha value is -1.67. The highest BCUT2D eigenvalue weighted by Crippen LogP contribution is 2.28. The maximum absolute atomic E-state index is 12.4. The number of aryl methyl sites for hydroxylation is 1. The Kier molecular flexibility index (Phi) is 7.46. The van der Waals surface area contributed by atoms with Crippen molar-refractivity contribution in [2.45, 2.75) is 57.0 Å². The zero-order valence-electron chi connectivity index (χ0n) is 15.6. The third-order valence-corrected chi connectivity index (χ3v) is 6.82. The molecule has 0 saturated heterocycles. The molecule has 1 amide bonds. The lowest BCUT2D eigenvalue weighted by Crippen LogP contribution is -2.22. The van der Waals surface area contributed by atoms with Gasteiger partial charge in [0, 0.05) is 24.8 Å². The Morgan fingerprint density at radius 2 is 2.11 bits per heavy atom. The van der Waals surface area contributed by atoms with Crippen LogP contribution in [0.4, 0.5) is 0 Å². The van der Waals surface area contributed by atoms with E-state index in [0.29, 0.717) is 17.5 Å². The van der Waals surface area contributed by atoms with Gasteiger partial charge in [-0.25, -0.2) is 4.98 Å². The van der Waals surface area contributed by atoms with Gasteiger partial charge in [-0.2, -0.15) is 0 Å². The van der Waals surface area contributed by atoms with Crippen LogP contribution < -0.4 is 5.32 Å². The molecule has 2 N–H and O–H groups in total. The van der Waals surface area contributed by atoms with E-state index in [1.807, 2.05) is 12.1 Å². The highest BCUT2D eigenvalue weighted by molar-refractivity contribution is 7.99. The second-order valence-corrected chi connectivity index (χ2v) is 9.08. The van der Waals surface area contributed by atoms with Gasteiger partial charge < -0.3 is 5.32 Å². The lowest BCUT2D eigenvalue weighted by Gasteiger charge is -2.05. The largest absolute Gasteiger partial charge is 0.356 e.